The average molecular weight is 319 g/mol. The summed E-state index contributed by atoms with van der Waals surface area (Å²) in [5.74, 6) is 0. The number of rotatable bonds is 3. The van der Waals surface area contributed by atoms with Crippen molar-refractivity contribution in [3.63, 3.8) is 0 Å². The number of alkyl halides is 2. The van der Waals surface area contributed by atoms with E-state index in [1.807, 2.05) is 24.0 Å². The Morgan fingerprint density at radius 3 is 2.28 bits per heavy atom. The molecule has 0 unspecified atom stereocenters. The van der Waals surface area contributed by atoms with Crippen molar-refractivity contribution in [3.05, 3.63) is 21.9 Å². The molecule has 1 saturated heterocycles. The van der Waals surface area contributed by atoms with Gasteiger partial charge in [0.2, 0.25) is 0 Å². The summed E-state index contributed by atoms with van der Waals surface area (Å²) < 4.78 is 26.2. The van der Waals surface area contributed by atoms with Gasteiger partial charge >= 0.3 is 0 Å². The van der Waals surface area contributed by atoms with Crippen molar-refractivity contribution in [2.24, 2.45) is 0 Å². The van der Waals surface area contributed by atoms with Crippen LogP contribution >= 0.6 is 36.2 Å². The van der Waals surface area contributed by atoms with Gasteiger partial charge in [-0.15, -0.1) is 36.2 Å². The predicted octanol–water partition coefficient (Wildman–Crippen LogP) is 3.11. The van der Waals surface area contributed by atoms with Crippen LogP contribution in [0, 0.1) is 6.92 Å². The lowest BCUT2D eigenvalue weighted by Crippen LogP contribution is -2.46. The van der Waals surface area contributed by atoms with Crippen LogP contribution in [0.1, 0.15) is 15.8 Å². The van der Waals surface area contributed by atoms with Gasteiger partial charge in [0.1, 0.15) is 6.04 Å². The van der Waals surface area contributed by atoms with Gasteiger partial charge in [0, 0.05) is 35.9 Å². The van der Waals surface area contributed by atoms with Crippen LogP contribution in [0.25, 0.3) is 0 Å². The Balaban J connectivity index is 0.00000144. The number of aryl methyl sites for hydroxylation is 1. The van der Waals surface area contributed by atoms with Crippen LogP contribution in [0.3, 0.4) is 0 Å². The molecular formula is C11H18Cl2F2N2S. The maximum absolute atomic E-state index is 13.1. The van der Waals surface area contributed by atoms with Gasteiger partial charge < -0.3 is 5.32 Å². The minimum Gasteiger partial charge on any atom is -0.314 e. The van der Waals surface area contributed by atoms with E-state index in [1.165, 1.54) is 11.3 Å². The highest BCUT2D eigenvalue weighted by Crippen LogP contribution is 2.32. The van der Waals surface area contributed by atoms with E-state index >= 15 is 0 Å². The van der Waals surface area contributed by atoms with E-state index in [9.17, 15) is 8.78 Å². The van der Waals surface area contributed by atoms with Crippen LogP contribution in [-0.2, 0) is 0 Å². The van der Waals surface area contributed by atoms with Gasteiger partial charge in [-0.05, 0) is 19.1 Å². The average Bonchev–Trinajstić information content (AvgIpc) is 2.66. The Hall–Kier alpha value is 0.0600. The number of hydrogen-bond donors (Lipinski definition) is 1. The maximum atomic E-state index is 13.1. The normalized spacial score (nSPS) is 18.0. The smallest absolute Gasteiger partial charge is 0.258 e. The van der Waals surface area contributed by atoms with Crippen molar-refractivity contribution in [1.82, 2.24) is 10.2 Å². The van der Waals surface area contributed by atoms with Gasteiger partial charge in [0.15, 0.2) is 0 Å². The molecule has 2 heterocycles. The van der Waals surface area contributed by atoms with E-state index < -0.39 is 12.5 Å². The van der Waals surface area contributed by atoms with Gasteiger partial charge in [-0.1, -0.05) is 0 Å². The van der Waals surface area contributed by atoms with Crippen molar-refractivity contribution in [2.45, 2.75) is 19.4 Å². The van der Waals surface area contributed by atoms with Crippen molar-refractivity contribution in [3.8, 4) is 0 Å². The molecule has 0 aromatic carbocycles. The number of hydrogen-bond acceptors (Lipinski definition) is 3. The molecular weight excluding hydrogens is 301 g/mol. The molecule has 1 aliphatic rings. The third-order valence-corrected chi connectivity index (χ3v) is 3.91. The first kappa shape index (κ1) is 18.1. The molecule has 106 valence electrons. The Bertz CT molecular complexity index is 344. The molecule has 18 heavy (non-hydrogen) atoms. The van der Waals surface area contributed by atoms with Crippen LogP contribution in [0.15, 0.2) is 12.1 Å². The lowest BCUT2D eigenvalue weighted by Gasteiger charge is -2.33. The second-order valence-electron chi connectivity index (χ2n) is 4.01. The first-order valence-corrected chi connectivity index (χ1v) is 6.29. The van der Waals surface area contributed by atoms with Gasteiger partial charge in [0.25, 0.3) is 6.43 Å². The molecule has 7 heteroatoms. The largest absolute Gasteiger partial charge is 0.314 e. The lowest BCUT2D eigenvalue weighted by molar-refractivity contribution is 0.0200. The molecule has 1 atom stereocenters. The molecule has 0 radical (unpaired) electrons. The second-order valence-corrected chi connectivity index (χ2v) is 5.33. The van der Waals surface area contributed by atoms with Crippen LogP contribution in [0.2, 0.25) is 0 Å². The molecule has 1 aliphatic heterocycles. The topological polar surface area (TPSA) is 15.3 Å². The van der Waals surface area contributed by atoms with Gasteiger partial charge in [-0.25, -0.2) is 8.78 Å². The lowest BCUT2D eigenvalue weighted by atomic mass is 10.2. The van der Waals surface area contributed by atoms with Crippen molar-refractivity contribution < 1.29 is 8.78 Å². The maximum Gasteiger partial charge on any atom is 0.258 e. The highest BCUT2D eigenvalue weighted by atomic mass is 35.5. The minimum absolute atomic E-state index is 0. The number of nitrogens with one attached hydrogen (secondary N) is 1. The molecule has 1 aromatic rings. The number of thiophene rings is 1. The summed E-state index contributed by atoms with van der Waals surface area (Å²) in [6.45, 7) is 4.95. The SMILES string of the molecule is Cc1ccc([C@@H](C(F)F)N2CCNCC2)s1.Cl.Cl. The fourth-order valence-electron chi connectivity index (χ4n) is 2.04. The summed E-state index contributed by atoms with van der Waals surface area (Å²) in [7, 11) is 0. The Kier molecular flexibility index (Phi) is 8.30. The number of piperazine rings is 1. The van der Waals surface area contributed by atoms with E-state index in [4.69, 9.17) is 0 Å². The first-order valence-electron chi connectivity index (χ1n) is 5.48. The zero-order valence-electron chi connectivity index (χ0n) is 10.1. The Morgan fingerprint density at radius 1 is 1.22 bits per heavy atom. The van der Waals surface area contributed by atoms with Crippen LogP contribution < -0.4 is 5.32 Å². The molecule has 0 aliphatic carbocycles. The van der Waals surface area contributed by atoms with Crippen LogP contribution in [-0.4, -0.2) is 37.5 Å². The molecule has 1 fully saturated rings. The van der Waals surface area contributed by atoms with Gasteiger partial charge in [-0.3, -0.25) is 4.90 Å². The number of nitrogens with zero attached hydrogens (tertiary/aromatic N) is 1. The van der Waals surface area contributed by atoms with Crippen molar-refractivity contribution in [2.75, 3.05) is 26.2 Å². The monoisotopic (exact) mass is 318 g/mol. The van der Waals surface area contributed by atoms with Gasteiger partial charge in [-0.2, -0.15) is 0 Å². The third kappa shape index (κ3) is 4.31. The fraction of sp³-hybridized carbons (Fsp3) is 0.636. The zero-order chi connectivity index (χ0) is 11.5. The first-order chi connectivity index (χ1) is 7.68. The third-order valence-electron chi connectivity index (χ3n) is 2.84. The summed E-state index contributed by atoms with van der Waals surface area (Å²) in [6.07, 6.45) is -2.31. The zero-order valence-corrected chi connectivity index (χ0v) is 12.5. The quantitative estimate of drug-likeness (QED) is 0.921. The van der Waals surface area contributed by atoms with Crippen LogP contribution in [0.5, 0.6) is 0 Å². The summed E-state index contributed by atoms with van der Waals surface area (Å²) >= 11 is 1.48. The summed E-state index contributed by atoms with van der Waals surface area (Å²) in [4.78, 5) is 3.76. The fourth-order valence-corrected chi connectivity index (χ4v) is 3.05. The highest BCUT2D eigenvalue weighted by molar-refractivity contribution is 7.12. The molecule has 1 N–H and O–H groups in total. The summed E-state index contributed by atoms with van der Waals surface area (Å²) in [5.41, 5.74) is 0. The molecule has 0 saturated carbocycles. The van der Waals surface area contributed by atoms with E-state index in [1.54, 1.807) is 0 Å². The molecule has 0 spiro atoms. The Labute approximate surface area is 123 Å². The summed E-state index contributed by atoms with van der Waals surface area (Å²) in [6, 6.07) is 3.02. The van der Waals surface area contributed by atoms with Crippen LogP contribution in [0.4, 0.5) is 8.78 Å². The molecule has 2 nitrogen and oxygen atoms in total. The van der Waals surface area contributed by atoms with Gasteiger partial charge in [0.05, 0.1) is 0 Å². The molecule has 2 rings (SSSR count). The second kappa shape index (κ2) is 8.27. The predicted molar refractivity (Wildman–Crippen MR) is 76.7 cm³/mol. The molecule has 0 amide bonds. The van der Waals surface area contributed by atoms with Crippen molar-refractivity contribution >= 4 is 36.2 Å². The van der Waals surface area contributed by atoms with E-state index in [2.05, 4.69) is 5.32 Å². The van der Waals surface area contributed by atoms with E-state index in [-0.39, 0.29) is 24.8 Å². The summed E-state index contributed by atoms with van der Waals surface area (Å²) in [5, 5.41) is 3.18. The highest BCUT2D eigenvalue weighted by Gasteiger charge is 2.30. The Morgan fingerprint density at radius 2 is 1.83 bits per heavy atom. The number of halogens is 4. The molecule has 1 aromatic heterocycles. The minimum atomic E-state index is -2.31. The van der Waals surface area contributed by atoms with E-state index in [0.29, 0.717) is 13.1 Å². The van der Waals surface area contributed by atoms with Crippen molar-refractivity contribution in [1.29, 1.82) is 0 Å². The molecule has 0 bridgehead atoms. The standard InChI is InChI=1S/C11H16F2N2S.2ClH/c1-8-2-3-9(16-8)10(11(12)13)15-6-4-14-5-7-15;;/h2-3,10-11,14H,4-7H2,1H3;2*1H/t10-;;/m0../s1. The van der Waals surface area contributed by atoms with E-state index in [0.717, 1.165) is 22.8 Å².